The molecule has 0 saturated heterocycles. The zero-order valence-corrected chi connectivity index (χ0v) is 21.9. The predicted molar refractivity (Wildman–Crippen MR) is 123 cm³/mol. The molecule has 0 amide bonds. The van der Waals surface area contributed by atoms with E-state index in [0.29, 0.717) is 37.0 Å². The van der Waals surface area contributed by atoms with E-state index in [1.807, 2.05) is 0 Å². The minimum atomic E-state index is -4.95. The SMILES string of the molecule is COC(=O)CCn1ncc2c1CCC[C@H]2N(C)S(=O)(=O)c1cc(C(F)(F)F)cc(S(=O)(=O)C(C)C)c1. The van der Waals surface area contributed by atoms with Crippen molar-refractivity contribution in [2.75, 3.05) is 14.2 Å². The predicted octanol–water partition coefficient (Wildman–Crippen LogP) is 3.35. The van der Waals surface area contributed by atoms with Crippen LogP contribution in [-0.2, 0) is 48.5 Å². The van der Waals surface area contributed by atoms with E-state index in [9.17, 15) is 34.8 Å². The Kier molecular flexibility index (Phi) is 7.92. The average molecular weight is 552 g/mol. The topological polar surface area (TPSA) is 116 Å². The Hall–Kier alpha value is -2.45. The Morgan fingerprint density at radius 3 is 2.42 bits per heavy atom. The highest BCUT2D eigenvalue weighted by Gasteiger charge is 2.38. The van der Waals surface area contributed by atoms with E-state index in [1.54, 1.807) is 4.68 Å². The lowest BCUT2D eigenvalue weighted by Crippen LogP contribution is -2.33. The first kappa shape index (κ1) is 28.1. The van der Waals surface area contributed by atoms with E-state index in [2.05, 4.69) is 9.84 Å². The number of aromatic nitrogens is 2. The van der Waals surface area contributed by atoms with Crippen LogP contribution >= 0.6 is 0 Å². The number of ether oxygens (including phenoxy) is 1. The third kappa shape index (κ3) is 5.44. The van der Waals surface area contributed by atoms with Crippen LogP contribution in [0.15, 0.2) is 34.2 Å². The summed E-state index contributed by atoms with van der Waals surface area (Å²) in [6.07, 6.45) is -1.84. The van der Waals surface area contributed by atoms with E-state index in [4.69, 9.17) is 0 Å². The van der Waals surface area contributed by atoms with Gasteiger partial charge in [0.05, 0.1) is 52.9 Å². The second-order valence-electron chi connectivity index (χ2n) is 8.81. The first-order valence-corrected chi connectivity index (χ1v) is 14.1. The average Bonchev–Trinajstić information content (AvgIpc) is 3.24. The Morgan fingerprint density at radius 2 is 1.83 bits per heavy atom. The maximum atomic E-state index is 13.6. The van der Waals surface area contributed by atoms with Crippen LogP contribution in [-0.4, -0.2) is 56.3 Å². The molecule has 1 aromatic carbocycles. The fraction of sp³-hybridized carbons (Fsp3) is 0.545. The maximum Gasteiger partial charge on any atom is 0.416 e. The van der Waals surface area contributed by atoms with Crippen molar-refractivity contribution in [1.29, 1.82) is 0 Å². The Labute approximate surface area is 208 Å². The third-order valence-corrected chi connectivity index (χ3v) is 10.2. The molecule has 0 N–H and O–H groups in total. The molecule has 0 spiro atoms. The lowest BCUT2D eigenvalue weighted by atomic mass is 9.93. The van der Waals surface area contributed by atoms with Gasteiger partial charge in [0, 0.05) is 18.3 Å². The summed E-state index contributed by atoms with van der Waals surface area (Å²) in [4.78, 5) is 10.0. The summed E-state index contributed by atoms with van der Waals surface area (Å²) in [5.74, 6) is -0.428. The van der Waals surface area contributed by atoms with Gasteiger partial charge in [0.1, 0.15) is 0 Å². The van der Waals surface area contributed by atoms with Gasteiger partial charge in [-0.2, -0.15) is 22.6 Å². The molecule has 1 atom stereocenters. The number of carbonyl (C=O) groups is 1. The summed E-state index contributed by atoms with van der Waals surface area (Å²) in [5, 5.41) is 3.21. The van der Waals surface area contributed by atoms with Gasteiger partial charge in [-0.25, -0.2) is 16.8 Å². The van der Waals surface area contributed by atoms with Gasteiger partial charge in [0.15, 0.2) is 9.84 Å². The molecule has 1 aliphatic rings. The van der Waals surface area contributed by atoms with Crippen LogP contribution in [0.25, 0.3) is 0 Å². The molecule has 0 saturated carbocycles. The smallest absolute Gasteiger partial charge is 0.416 e. The van der Waals surface area contributed by atoms with Crippen LogP contribution < -0.4 is 0 Å². The molecule has 14 heteroatoms. The summed E-state index contributed by atoms with van der Waals surface area (Å²) in [7, 11) is -6.21. The molecule has 3 rings (SSSR count). The monoisotopic (exact) mass is 551 g/mol. The number of rotatable bonds is 8. The summed E-state index contributed by atoms with van der Waals surface area (Å²) in [6, 6.07) is 0.956. The van der Waals surface area contributed by atoms with Crippen LogP contribution in [0, 0.1) is 0 Å². The largest absolute Gasteiger partial charge is 0.469 e. The zero-order chi connectivity index (χ0) is 27.1. The number of benzene rings is 1. The number of hydrogen-bond acceptors (Lipinski definition) is 7. The standard InChI is InChI=1S/C22H28F3N3O6S2/c1-14(2)35(30,31)16-10-15(22(23,24)25)11-17(12-16)36(32,33)27(3)19-6-5-7-20-18(19)13-26-28(20)9-8-21(29)34-4/h10-14,19H,5-9H2,1-4H3/t19-/m1/s1. The highest BCUT2D eigenvalue weighted by atomic mass is 32.2. The van der Waals surface area contributed by atoms with Crippen molar-refractivity contribution >= 4 is 25.8 Å². The lowest BCUT2D eigenvalue weighted by molar-refractivity contribution is -0.141. The molecule has 200 valence electrons. The summed E-state index contributed by atoms with van der Waals surface area (Å²) >= 11 is 0. The molecular weight excluding hydrogens is 523 g/mol. The molecular formula is C22H28F3N3O6S2. The van der Waals surface area contributed by atoms with Gasteiger partial charge in [0.2, 0.25) is 10.0 Å². The number of fused-ring (bicyclic) bond motifs is 1. The lowest BCUT2D eigenvalue weighted by Gasteiger charge is -2.31. The Balaban J connectivity index is 2.04. The van der Waals surface area contributed by atoms with Crippen LogP contribution in [0.4, 0.5) is 13.2 Å². The number of sulfonamides is 1. The summed E-state index contributed by atoms with van der Waals surface area (Å²) in [6.45, 7) is 2.84. The second kappa shape index (κ2) is 10.1. The van der Waals surface area contributed by atoms with E-state index >= 15 is 0 Å². The number of carbonyl (C=O) groups excluding carboxylic acids is 1. The molecule has 1 aromatic heterocycles. The van der Waals surface area contributed by atoms with Crippen molar-refractivity contribution in [2.24, 2.45) is 0 Å². The third-order valence-electron chi connectivity index (χ3n) is 6.26. The molecule has 0 unspecified atom stereocenters. The van der Waals surface area contributed by atoms with Crippen LogP contribution in [0.5, 0.6) is 0 Å². The Bertz CT molecular complexity index is 1350. The quantitative estimate of drug-likeness (QED) is 0.462. The van der Waals surface area contributed by atoms with E-state index in [0.717, 1.165) is 16.1 Å². The van der Waals surface area contributed by atoms with Gasteiger partial charge in [-0.15, -0.1) is 0 Å². The Morgan fingerprint density at radius 1 is 1.19 bits per heavy atom. The fourth-order valence-corrected chi connectivity index (χ4v) is 6.76. The fourth-order valence-electron chi connectivity index (χ4n) is 4.12. The second-order valence-corrected chi connectivity index (χ2v) is 13.3. The molecule has 0 radical (unpaired) electrons. The van der Waals surface area contributed by atoms with Gasteiger partial charge in [-0.3, -0.25) is 9.48 Å². The van der Waals surface area contributed by atoms with Crippen molar-refractivity contribution in [3.8, 4) is 0 Å². The number of hydrogen-bond donors (Lipinski definition) is 0. The van der Waals surface area contributed by atoms with Gasteiger partial charge in [0.25, 0.3) is 0 Å². The molecule has 0 bridgehead atoms. The number of alkyl halides is 3. The van der Waals surface area contributed by atoms with Gasteiger partial charge in [-0.05, 0) is 51.3 Å². The molecule has 1 heterocycles. The van der Waals surface area contributed by atoms with Crippen molar-refractivity contribution in [3.05, 3.63) is 41.2 Å². The van der Waals surface area contributed by atoms with Crippen molar-refractivity contribution < 1.29 is 39.5 Å². The van der Waals surface area contributed by atoms with E-state index in [-0.39, 0.29) is 13.0 Å². The number of sulfone groups is 1. The van der Waals surface area contributed by atoms with Crippen molar-refractivity contribution in [3.63, 3.8) is 0 Å². The first-order chi connectivity index (χ1) is 16.6. The normalized spacial score (nSPS) is 16.9. The van der Waals surface area contributed by atoms with Crippen LogP contribution in [0.1, 0.15) is 56.0 Å². The van der Waals surface area contributed by atoms with Gasteiger partial charge >= 0.3 is 12.1 Å². The molecule has 9 nitrogen and oxygen atoms in total. The molecule has 2 aromatic rings. The molecule has 0 fully saturated rings. The first-order valence-electron chi connectivity index (χ1n) is 11.2. The number of esters is 1. The van der Waals surface area contributed by atoms with Crippen molar-refractivity contribution in [2.45, 2.75) is 73.3 Å². The maximum absolute atomic E-state index is 13.6. The van der Waals surface area contributed by atoms with Gasteiger partial charge < -0.3 is 4.74 Å². The summed E-state index contributed by atoms with van der Waals surface area (Å²) in [5.41, 5.74) is -0.0559. The molecule has 36 heavy (non-hydrogen) atoms. The number of aryl methyl sites for hydroxylation is 1. The van der Waals surface area contributed by atoms with Gasteiger partial charge in [-0.1, -0.05) is 0 Å². The highest BCUT2D eigenvalue weighted by Crippen LogP contribution is 2.39. The number of nitrogens with zero attached hydrogens (tertiary/aromatic N) is 3. The van der Waals surface area contributed by atoms with E-state index < -0.39 is 58.7 Å². The zero-order valence-electron chi connectivity index (χ0n) is 20.2. The molecule has 1 aliphatic carbocycles. The number of methoxy groups -OCH3 is 1. The van der Waals surface area contributed by atoms with Crippen LogP contribution in [0.3, 0.4) is 0 Å². The number of halogens is 3. The van der Waals surface area contributed by atoms with E-state index in [1.165, 1.54) is 34.2 Å². The molecule has 0 aliphatic heterocycles. The summed E-state index contributed by atoms with van der Waals surface area (Å²) < 4.78 is 100. The minimum Gasteiger partial charge on any atom is -0.469 e. The van der Waals surface area contributed by atoms with Crippen molar-refractivity contribution in [1.82, 2.24) is 14.1 Å². The highest BCUT2D eigenvalue weighted by molar-refractivity contribution is 7.92. The van der Waals surface area contributed by atoms with Crippen LogP contribution in [0.2, 0.25) is 0 Å². The minimum absolute atomic E-state index is 0.0702.